The number of piperazine rings is 1. The molecule has 0 unspecified atom stereocenters. The minimum absolute atomic E-state index is 0.0442. The second-order valence-electron chi connectivity index (χ2n) is 8.27. The number of hydrogen-bond donors (Lipinski definition) is 2. The summed E-state index contributed by atoms with van der Waals surface area (Å²) in [4.78, 5) is 45.1. The molecule has 8 nitrogen and oxygen atoms in total. The van der Waals surface area contributed by atoms with Crippen molar-refractivity contribution in [3.63, 3.8) is 0 Å². The summed E-state index contributed by atoms with van der Waals surface area (Å²) < 4.78 is 0. The second-order valence-corrected chi connectivity index (χ2v) is 8.27. The van der Waals surface area contributed by atoms with Crippen molar-refractivity contribution in [2.75, 3.05) is 31.1 Å². The molecule has 5 rings (SSSR count). The van der Waals surface area contributed by atoms with Gasteiger partial charge in [-0.1, -0.05) is 36.4 Å². The van der Waals surface area contributed by atoms with Gasteiger partial charge < -0.3 is 15.1 Å². The van der Waals surface area contributed by atoms with Crippen LogP contribution < -0.4 is 15.5 Å². The first-order chi connectivity index (χ1) is 15.5. The fourth-order valence-corrected chi connectivity index (χ4v) is 4.38. The highest BCUT2D eigenvalue weighted by molar-refractivity contribution is 6.07. The molecule has 3 heterocycles. The number of nitrogens with zero attached hydrogens (tertiary/aromatic N) is 3. The Labute approximate surface area is 185 Å². The van der Waals surface area contributed by atoms with Gasteiger partial charge >= 0.3 is 6.03 Å². The minimum atomic E-state index is -1.13. The third-order valence-electron chi connectivity index (χ3n) is 6.31. The zero-order chi connectivity index (χ0) is 22.3. The third-order valence-corrected chi connectivity index (χ3v) is 6.31. The fraction of sp³-hybridized carbons (Fsp3) is 0.250. The number of urea groups is 1. The second kappa shape index (κ2) is 7.64. The first-order valence-corrected chi connectivity index (χ1v) is 10.6. The average molecular weight is 429 g/mol. The number of amides is 4. The van der Waals surface area contributed by atoms with E-state index in [1.165, 1.54) is 0 Å². The lowest BCUT2D eigenvalue weighted by Gasteiger charge is -2.36. The molecule has 2 aliphatic heterocycles. The van der Waals surface area contributed by atoms with E-state index in [0.29, 0.717) is 24.2 Å². The maximum Gasteiger partial charge on any atom is 0.322 e. The van der Waals surface area contributed by atoms with Gasteiger partial charge in [-0.05, 0) is 24.6 Å². The van der Waals surface area contributed by atoms with Gasteiger partial charge in [-0.25, -0.2) is 4.79 Å². The molecular formula is C24H23N5O3. The fourth-order valence-electron chi connectivity index (χ4n) is 4.38. The number of nitrogens with one attached hydrogen (secondary N) is 2. The molecule has 0 aliphatic carbocycles. The first-order valence-electron chi connectivity index (χ1n) is 10.6. The first kappa shape index (κ1) is 20.0. The Kier molecular flexibility index (Phi) is 4.77. The molecule has 0 spiro atoms. The number of rotatable bonds is 3. The predicted octanol–water partition coefficient (Wildman–Crippen LogP) is 2.25. The Bertz CT molecular complexity index is 1210. The topological polar surface area (TPSA) is 94.6 Å². The average Bonchev–Trinajstić information content (AvgIpc) is 3.10. The predicted molar refractivity (Wildman–Crippen MR) is 120 cm³/mol. The van der Waals surface area contributed by atoms with E-state index in [9.17, 15) is 14.4 Å². The summed E-state index contributed by atoms with van der Waals surface area (Å²) in [5.41, 5.74) is 1.15. The molecule has 0 saturated carbocycles. The standard InChI is InChI=1S/C24H23N5O3/c1-24(22(31)26-23(32)27-24)18-8-6-16(7-9-18)21(30)29-12-10-28(11-13-29)20-15-25-14-17-4-2-3-5-19(17)20/h2-9,14-15H,10-13H2,1H3,(H2,26,27,31,32)/t24-/m0/s1. The van der Waals surface area contributed by atoms with Crippen molar-refractivity contribution in [2.24, 2.45) is 0 Å². The van der Waals surface area contributed by atoms with Crippen molar-refractivity contribution in [1.29, 1.82) is 0 Å². The van der Waals surface area contributed by atoms with Crippen LogP contribution in [0.5, 0.6) is 0 Å². The van der Waals surface area contributed by atoms with Crippen molar-refractivity contribution >= 4 is 34.3 Å². The number of imide groups is 1. The Balaban J connectivity index is 1.28. The number of pyridine rings is 1. The molecule has 2 aromatic carbocycles. The summed E-state index contributed by atoms with van der Waals surface area (Å²) in [5, 5.41) is 7.15. The van der Waals surface area contributed by atoms with E-state index in [1.807, 2.05) is 29.4 Å². The van der Waals surface area contributed by atoms with Crippen LogP contribution in [0, 0.1) is 0 Å². The van der Waals surface area contributed by atoms with E-state index in [2.05, 4.69) is 32.7 Å². The zero-order valence-electron chi connectivity index (χ0n) is 17.7. The van der Waals surface area contributed by atoms with Gasteiger partial charge in [-0.2, -0.15) is 0 Å². The highest BCUT2D eigenvalue weighted by Gasteiger charge is 2.43. The van der Waals surface area contributed by atoms with E-state index >= 15 is 0 Å². The summed E-state index contributed by atoms with van der Waals surface area (Å²) in [6.07, 6.45) is 3.75. The van der Waals surface area contributed by atoms with Crippen molar-refractivity contribution in [1.82, 2.24) is 20.5 Å². The minimum Gasteiger partial charge on any atom is -0.366 e. The molecule has 0 bridgehead atoms. The van der Waals surface area contributed by atoms with Crippen molar-refractivity contribution < 1.29 is 14.4 Å². The van der Waals surface area contributed by atoms with E-state index in [0.717, 1.165) is 29.5 Å². The molecule has 4 amide bonds. The molecular weight excluding hydrogens is 406 g/mol. The van der Waals surface area contributed by atoms with Crippen molar-refractivity contribution in [2.45, 2.75) is 12.5 Å². The van der Waals surface area contributed by atoms with Crippen LogP contribution in [0.4, 0.5) is 10.5 Å². The lowest BCUT2D eigenvalue weighted by Crippen LogP contribution is -2.49. The Morgan fingerprint density at radius 1 is 0.969 bits per heavy atom. The Hall–Kier alpha value is -3.94. The molecule has 162 valence electrons. The number of aromatic nitrogens is 1. The van der Waals surface area contributed by atoms with Gasteiger partial charge in [0.15, 0.2) is 0 Å². The summed E-state index contributed by atoms with van der Waals surface area (Å²) in [5.74, 6) is -0.446. The van der Waals surface area contributed by atoms with Gasteiger partial charge in [0.25, 0.3) is 11.8 Å². The van der Waals surface area contributed by atoms with Crippen LogP contribution in [-0.4, -0.2) is 53.9 Å². The maximum absolute atomic E-state index is 13.0. The number of carbonyl (C=O) groups excluding carboxylic acids is 3. The zero-order valence-corrected chi connectivity index (χ0v) is 17.7. The monoisotopic (exact) mass is 429 g/mol. The van der Waals surface area contributed by atoms with Gasteiger partial charge in [-0.3, -0.25) is 19.9 Å². The van der Waals surface area contributed by atoms with Gasteiger partial charge in [0.1, 0.15) is 5.54 Å². The summed E-state index contributed by atoms with van der Waals surface area (Å²) in [6.45, 7) is 4.32. The van der Waals surface area contributed by atoms with Crippen molar-refractivity contribution in [3.05, 3.63) is 72.1 Å². The molecule has 2 N–H and O–H groups in total. The lowest BCUT2D eigenvalue weighted by molar-refractivity contribution is -0.123. The number of hydrogen-bond acceptors (Lipinski definition) is 5. The summed E-state index contributed by atoms with van der Waals surface area (Å²) >= 11 is 0. The molecule has 2 fully saturated rings. The van der Waals surface area contributed by atoms with Gasteiger partial charge in [0.2, 0.25) is 0 Å². The van der Waals surface area contributed by atoms with Crippen LogP contribution in [-0.2, 0) is 10.3 Å². The van der Waals surface area contributed by atoms with Gasteiger partial charge in [0, 0.05) is 48.7 Å². The molecule has 3 aromatic rings. The van der Waals surface area contributed by atoms with Crippen LogP contribution >= 0.6 is 0 Å². The molecule has 8 heteroatoms. The molecule has 1 aromatic heterocycles. The van der Waals surface area contributed by atoms with Crippen LogP contribution in [0.2, 0.25) is 0 Å². The number of benzene rings is 2. The summed E-state index contributed by atoms with van der Waals surface area (Å²) in [6, 6.07) is 14.5. The van der Waals surface area contributed by atoms with E-state index < -0.39 is 17.5 Å². The highest BCUT2D eigenvalue weighted by atomic mass is 16.2. The normalized spacial score (nSPS) is 20.9. The number of fused-ring (bicyclic) bond motifs is 1. The van der Waals surface area contributed by atoms with Crippen LogP contribution in [0.3, 0.4) is 0 Å². The smallest absolute Gasteiger partial charge is 0.322 e. The molecule has 1 atom stereocenters. The molecule has 2 saturated heterocycles. The van der Waals surface area contributed by atoms with Crippen LogP contribution in [0.25, 0.3) is 10.8 Å². The van der Waals surface area contributed by atoms with Gasteiger partial charge in [-0.15, -0.1) is 0 Å². The van der Waals surface area contributed by atoms with Gasteiger partial charge in [0.05, 0.1) is 11.9 Å². The SMILES string of the molecule is C[C@@]1(c2ccc(C(=O)N3CCN(c4cncc5ccccc45)CC3)cc2)NC(=O)NC1=O. The number of carbonyl (C=O) groups is 3. The third kappa shape index (κ3) is 3.33. The van der Waals surface area contributed by atoms with E-state index in [4.69, 9.17) is 0 Å². The Morgan fingerprint density at radius 3 is 2.38 bits per heavy atom. The highest BCUT2D eigenvalue weighted by Crippen LogP contribution is 2.27. The summed E-state index contributed by atoms with van der Waals surface area (Å²) in [7, 11) is 0. The maximum atomic E-state index is 13.0. The van der Waals surface area contributed by atoms with E-state index in [1.54, 1.807) is 31.2 Å². The van der Waals surface area contributed by atoms with E-state index in [-0.39, 0.29) is 5.91 Å². The van der Waals surface area contributed by atoms with Crippen molar-refractivity contribution in [3.8, 4) is 0 Å². The van der Waals surface area contributed by atoms with Crippen LogP contribution in [0.15, 0.2) is 60.9 Å². The quantitative estimate of drug-likeness (QED) is 0.623. The largest absolute Gasteiger partial charge is 0.366 e. The van der Waals surface area contributed by atoms with Crippen LogP contribution in [0.1, 0.15) is 22.8 Å². The number of anilines is 1. The molecule has 2 aliphatic rings. The molecule has 32 heavy (non-hydrogen) atoms. The molecule has 0 radical (unpaired) electrons. The lowest BCUT2D eigenvalue weighted by atomic mass is 9.91. The Morgan fingerprint density at radius 2 is 1.69 bits per heavy atom.